The minimum Gasteiger partial charge on any atom is -0.431 e. The minimum absolute atomic E-state index is 0.0968. The molecule has 1 aromatic heterocycles. The van der Waals surface area contributed by atoms with E-state index in [2.05, 4.69) is 35.4 Å². The van der Waals surface area contributed by atoms with Gasteiger partial charge in [0.05, 0.1) is 13.2 Å². The van der Waals surface area contributed by atoms with E-state index in [9.17, 15) is 8.78 Å². The van der Waals surface area contributed by atoms with E-state index in [0.29, 0.717) is 41.1 Å². The Hall–Kier alpha value is -2.26. The van der Waals surface area contributed by atoms with E-state index >= 15 is 0 Å². The maximum Gasteiger partial charge on any atom is 0.387 e. The van der Waals surface area contributed by atoms with Crippen LogP contribution >= 0.6 is 0 Å². The number of pyridine rings is 1. The molecular formula is C24H35F2N5O2. The molecule has 7 nitrogen and oxygen atoms in total. The Labute approximate surface area is 194 Å². The van der Waals surface area contributed by atoms with Gasteiger partial charge >= 0.3 is 6.61 Å². The van der Waals surface area contributed by atoms with Crippen molar-refractivity contribution in [1.82, 2.24) is 9.88 Å². The SMILES string of the molecule is CCC(C)N=C(C=C(N)c1cnc(N)c(OC(F)F)c1)C1[C@H]2CC(N3CCOC[C@@H]3C)C[C@@H]12. The Bertz CT molecular complexity index is 897. The van der Waals surface area contributed by atoms with E-state index in [0.717, 1.165) is 31.9 Å². The number of allylic oxidation sites excluding steroid dienone is 1. The van der Waals surface area contributed by atoms with Gasteiger partial charge in [-0.1, -0.05) is 6.92 Å². The summed E-state index contributed by atoms with van der Waals surface area (Å²) in [6.07, 6.45) is 6.64. The molecule has 0 radical (unpaired) electrons. The third-order valence-electron chi connectivity index (χ3n) is 7.34. The summed E-state index contributed by atoms with van der Waals surface area (Å²) in [7, 11) is 0. The summed E-state index contributed by atoms with van der Waals surface area (Å²) in [5.74, 6) is 1.34. The van der Waals surface area contributed by atoms with Crippen molar-refractivity contribution >= 4 is 17.2 Å². The minimum atomic E-state index is -2.98. The summed E-state index contributed by atoms with van der Waals surface area (Å²) < 4.78 is 35.4. The molecule has 4 rings (SSSR count). The van der Waals surface area contributed by atoms with Crippen LogP contribution in [0.15, 0.2) is 23.3 Å². The van der Waals surface area contributed by atoms with Crippen molar-refractivity contribution in [3.63, 3.8) is 0 Å². The molecule has 1 aliphatic heterocycles. The third-order valence-corrected chi connectivity index (χ3v) is 7.34. The first kappa shape index (κ1) is 23.9. The van der Waals surface area contributed by atoms with E-state index in [4.69, 9.17) is 21.2 Å². The molecule has 6 atom stereocenters. The van der Waals surface area contributed by atoms with Gasteiger partial charge in [0.2, 0.25) is 0 Å². The second-order valence-corrected chi connectivity index (χ2v) is 9.54. The Morgan fingerprint density at radius 2 is 2.12 bits per heavy atom. The number of nitrogen functional groups attached to an aromatic ring is 1. The van der Waals surface area contributed by atoms with Crippen LogP contribution in [-0.2, 0) is 4.74 Å². The second-order valence-electron chi connectivity index (χ2n) is 9.54. The largest absolute Gasteiger partial charge is 0.431 e. The lowest BCUT2D eigenvalue weighted by molar-refractivity contribution is -0.0495. The second kappa shape index (κ2) is 9.93. The number of fused-ring (bicyclic) bond motifs is 1. The summed E-state index contributed by atoms with van der Waals surface area (Å²) in [4.78, 5) is 11.5. The molecule has 0 bridgehead atoms. The zero-order valence-electron chi connectivity index (χ0n) is 19.6. The van der Waals surface area contributed by atoms with E-state index in [1.165, 1.54) is 25.1 Å². The number of hydrogen-bond acceptors (Lipinski definition) is 7. The molecule has 3 unspecified atom stereocenters. The normalized spacial score (nSPS) is 31.5. The van der Waals surface area contributed by atoms with Crippen LogP contribution in [0.4, 0.5) is 14.6 Å². The highest BCUT2D eigenvalue weighted by Crippen LogP contribution is 2.59. The van der Waals surface area contributed by atoms with Gasteiger partial charge in [-0.3, -0.25) is 9.89 Å². The molecule has 182 valence electrons. The average molecular weight is 464 g/mol. The Kier molecular flexibility index (Phi) is 7.19. The highest BCUT2D eigenvalue weighted by molar-refractivity contribution is 6.04. The molecule has 2 heterocycles. The summed E-state index contributed by atoms with van der Waals surface area (Å²) >= 11 is 0. The lowest BCUT2D eigenvalue weighted by atomic mass is 9.99. The Morgan fingerprint density at radius 3 is 2.76 bits per heavy atom. The number of rotatable bonds is 8. The number of hydrogen-bond donors (Lipinski definition) is 2. The third kappa shape index (κ3) is 5.30. The first-order valence-corrected chi connectivity index (χ1v) is 11.9. The molecule has 4 N–H and O–H groups in total. The topological polar surface area (TPSA) is 99.0 Å². The summed E-state index contributed by atoms with van der Waals surface area (Å²) in [6.45, 7) is 6.09. The summed E-state index contributed by atoms with van der Waals surface area (Å²) in [5, 5.41) is 0. The van der Waals surface area contributed by atoms with Crippen LogP contribution in [0.2, 0.25) is 0 Å². The van der Waals surface area contributed by atoms with Crippen LogP contribution < -0.4 is 16.2 Å². The van der Waals surface area contributed by atoms with Crippen molar-refractivity contribution in [2.45, 2.75) is 64.8 Å². The van der Waals surface area contributed by atoms with Crippen LogP contribution in [0, 0.1) is 17.8 Å². The lowest BCUT2D eigenvalue weighted by Crippen LogP contribution is -2.49. The molecule has 3 aliphatic rings. The number of ether oxygens (including phenoxy) is 2. The van der Waals surface area contributed by atoms with Crippen molar-refractivity contribution in [2.75, 3.05) is 25.5 Å². The molecule has 3 fully saturated rings. The fraction of sp³-hybridized carbons (Fsp3) is 0.667. The van der Waals surface area contributed by atoms with Crippen molar-refractivity contribution in [3.05, 3.63) is 23.9 Å². The van der Waals surface area contributed by atoms with Crippen LogP contribution in [0.3, 0.4) is 0 Å². The Balaban J connectivity index is 1.50. The first-order valence-electron chi connectivity index (χ1n) is 11.9. The van der Waals surface area contributed by atoms with Crippen molar-refractivity contribution < 1.29 is 18.3 Å². The predicted octanol–water partition coefficient (Wildman–Crippen LogP) is 3.55. The fourth-order valence-corrected chi connectivity index (χ4v) is 5.42. The van der Waals surface area contributed by atoms with Crippen LogP contribution in [-0.4, -0.2) is 60.1 Å². The molecule has 33 heavy (non-hydrogen) atoms. The van der Waals surface area contributed by atoms with Gasteiger partial charge in [-0.25, -0.2) is 4.98 Å². The summed E-state index contributed by atoms with van der Waals surface area (Å²) in [5.41, 5.74) is 13.9. The highest BCUT2D eigenvalue weighted by Gasteiger charge is 2.58. The highest BCUT2D eigenvalue weighted by atomic mass is 19.3. The van der Waals surface area contributed by atoms with Crippen molar-refractivity contribution in [3.8, 4) is 5.75 Å². The zero-order chi connectivity index (χ0) is 23.7. The smallest absolute Gasteiger partial charge is 0.387 e. The number of aliphatic imine (C=N–C) groups is 1. The summed E-state index contributed by atoms with van der Waals surface area (Å²) in [6, 6.07) is 2.66. The maximum absolute atomic E-state index is 12.7. The van der Waals surface area contributed by atoms with Gasteiger partial charge in [-0.2, -0.15) is 8.78 Å². The van der Waals surface area contributed by atoms with Crippen LogP contribution in [0.1, 0.15) is 45.6 Å². The number of alkyl halides is 2. The molecule has 1 saturated heterocycles. The van der Waals surface area contributed by atoms with Crippen LogP contribution in [0.5, 0.6) is 5.75 Å². The van der Waals surface area contributed by atoms with E-state index in [1.807, 2.05) is 6.08 Å². The molecule has 2 aliphatic carbocycles. The lowest BCUT2D eigenvalue weighted by Gasteiger charge is -2.38. The van der Waals surface area contributed by atoms with E-state index in [1.54, 1.807) is 0 Å². The molecule has 1 aromatic rings. The van der Waals surface area contributed by atoms with Gasteiger partial charge in [0.25, 0.3) is 0 Å². The molecule has 2 saturated carbocycles. The van der Waals surface area contributed by atoms with E-state index in [-0.39, 0.29) is 17.6 Å². The molecule has 0 aromatic carbocycles. The average Bonchev–Trinajstić information content (AvgIpc) is 3.27. The molecule has 0 amide bonds. The quantitative estimate of drug-likeness (QED) is 0.572. The predicted molar refractivity (Wildman–Crippen MR) is 125 cm³/mol. The number of halogens is 2. The standard InChI is InChI=1S/C24H35F2N5O2/c1-4-13(2)30-20(10-19(27)15-7-21(33-24(25)26)23(28)29-11-15)22-17-8-16(9-18(17)22)31-5-6-32-12-14(31)3/h7,10-11,13-14,16-18,22,24H,4-6,8-9,12,27H2,1-3H3,(H2,28,29)/t13?,14-,16?,17-,18+,22?/m0/s1. The number of anilines is 1. The molecule has 9 heteroatoms. The number of nitrogens with two attached hydrogens (primary N) is 2. The Morgan fingerprint density at radius 1 is 1.39 bits per heavy atom. The van der Waals surface area contributed by atoms with Gasteiger partial charge in [-0.05, 0) is 57.1 Å². The van der Waals surface area contributed by atoms with E-state index < -0.39 is 6.61 Å². The first-order chi connectivity index (χ1) is 15.8. The van der Waals surface area contributed by atoms with Gasteiger partial charge < -0.3 is 20.9 Å². The van der Waals surface area contributed by atoms with Crippen LogP contribution in [0.25, 0.3) is 5.70 Å². The van der Waals surface area contributed by atoms with Crippen molar-refractivity contribution in [1.29, 1.82) is 0 Å². The fourth-order valence-electron chi connectivity index (χ4n) is 5.42. The van der Waals surface area contributed by atoms with Gasteiger partial charge in [-0.15, -0.1) is 0 Å². The van der Waals surface area contributed by atoms with Gasteiger partial charge in [0.1, 0.15) is 0 Å². The molecular weight excluding hydrogens is 428 g/mol. The van der Waals surface area contributed by atoms with Crippen molar-refractivity contribution in [2.24, 2.45) is 28.5 Å². The van der Waals surface area contributed by atoms with Gasteiger partial charge in [0, 0.05) is 53.8 Å². The monoisotopic (exact) mass is 463 g/mol. The molecule has 0 spiro atoms. The zero-order valence-corrected chi connectivity index (χ0v) is 19.6. The number of aromatic nitrogens is 1. The van der Waals surface area contributed by atoms with Gasteiger partial charge in [0.15, 0.2) is 11.6 Å². The number of morpholine rings is 1. The maximum atomic E-state index is 12.7. The number of nitrogens with zero attached hydrogens (tertiary/aromatic N) is 3.